The van der Waals surface area contributed by atoms with Crippen molar-refractivity contribution in [2.45, 2.75) is 38.3 Å². The van der Waals surface area contributed by atoms with Gasteiger partial charge in [0.15, 0.2) is 0 Å². The zero-order valence-electron chi connectivity index (χ0n) is 11.6. The van der Waals surface area contributed by atoms with E-state index in [0.717, 1.165) is 0 Å². The highest BCUT2D eigenvalue weighted by Gasteiger charge is 2.76. The number of hydrogen-bond donors (Lipinski definition) is 1. The Labute approximate surface area is 129 Å². The largest absolute Gasteiger partial charge is 0.460 e. The summed E-state index contributed by atoms with van der Waals surface area (Å²) in [6, 6.07) is 1.60. The Hall–Kier alpha value is -1.83. The second-order valence-electron chi connectivity index (χ2n) is 4.41. The smallest absolute Gasteiger partial charge is 0.311 e. The number of nitriles is 1. The Morgan fingerprint density at radius 2 is 1.74 bits per heavy atom. The van der Waals surface area contributed by atoms with Crippen molar-refractivity contribution in [3.05, 3.63) is 16.0 Å². The average Bonchev–Trinajstić information content (AvgIpc) is 2.71. The van der Waals surface area contributed by atoms with Gasteiger partial charge in [0.1, 0.15) is 11.1 Å². The Morgan fingerprint density at radius 3 is 2.13 bits per heavy atom. The Bertz CT molecular complexity index is 658. The molecule has 0 aromatic carbocycles. The summed E-state index contributed by atoms with van der Waals surface area (Å²) < 4.78 is 88.2. The molecule has 3 nitrogen and oxygen atoms in total. The summed E-state index contributed by atoms with van der Waals surface area (Å²) in [6.45, 7) is 3.11. The van der Waals surface area contributed by atoms with E-state index in [2.05, 4.69) is 0 Å². The van der Waals surface area contributed by atoms with Gasteiger partial charge in [0, 0.05) is 4.88 Å². The van der Waals surface area contributed by atoms with Crippen LogP contribution in [0.2, 0.25) is 0 Å². The molecule has 1 N–H and O–H groups in total. The minimum absolute atomic E-state index is 0.241. The van der Waals surface area contributed by atoms with E-state index >= 15 is 0 Å². The van der Waals surface area contributed by atoms with Gasteiger partial charge in [-0.15, -0.1) is 11.3 Å². The van der Waals surface area contributed by atoms with E-state index in [1.54, 1.807) is 13.0 Å². The summed E-state index contributed by atoms with van der Waals surface area (Å²) in [5.74, 6) is -15.4. The molecule has 1 heterocycles. The average molecular weight is 362 g/mol. The van der Waals surface area contributed by atoms with Gasteiger partial charge in [-0.3, -0.25) is 4.79 Å². The third-order valence-corrected chi connectivity index (χ3v) is 4.00. The fourth-order valence-electron chi connectivity index (χ4n) is 1.71. The van der Waals surface area contributed by atoms with Crippen LogP contribution < -0.4 is 5.32 Å². The van der Waals surface area contributed by atoms with Gasteiger partial charge in [0.25, 0.3) is 0 Å². The number of rotatable bonds is 4. The van der Waals surface area contributed by atoms with Gasteiger partial charge in [-0.2, -0.15) is 36.0 Å². The van der Waals surface area contributed by atoms with Crippen LogP contribution in [0, 0.1) is 18.3 Å². The molecule has 0 aliphatic carbocycles. The molecule has 1 rings (SSSR count). The number of nitrogens with zero attached hydrogens (tertiary/aromatic N) is 1. The molecule has 0 unspecified atom stereocenters. The lowest BCUT2D eigenvalue weighted by Gasteiger charge is -2.26. The SMILES string of the molecule is CCc1c(C)sc(NC(=O)C(F)(F)C(F)(F)C(F)(F)F)c1C#N. The van der Waals surface area contributed by atoms with Crippen molar-refractivity contribution in [3.8, 4) is 6.07 Å². The van der Waals surface area contributed by atoms with Crippen LogP contribution in [0.15, 0.2) is 0 Å². The minimum atomic E-state index is -6.61. The van der Waals surface area contributed by atoms with Crippen LogP contribution >= 0.6 is 11.3 Å². The first kappa shape index (κ1) is 19.2. The van der Waals surface area contributed by atoms with Crippen molar-refractivity contribution in [2.75, 3.05) is 5.32 Å². The molecule has 23 heavy (non-hydrogen) atoms. The first-order valence-electron chi connectivity index (χ1n) is 5.97. The van der Waals surface area contributed by atoms with Crippen molar-refractivity contribution >= 4 is 22.2 Å². The summed E-state index contributed by atoms with van der Waals surface area (Å²) in [4.78, 5) is 11.7. The van der Waals surface area contributed by atoms with Crippen LogP contribution in [0.3, 0.4) is 0 Å². The monoisotopic (exact) mass is 362 g/mol. The lowest BCUT2D eigenvalue weighted by atomic mass is 10.1. The topological polar surface area (TPSA) is 52.9 Å². The molecule has 0 saturated carbocycles. The third-order valence-electron chi connectivity index (χ3n) is 2.94. The van der Waals surface area contributed by atoms with E-state index < -0.39 is 28.9 Å². The molecule has 1 aromatic heterocycles. The lowest BCUT2D eigenvalue weighted by Crippen LogP contribution is -2.57. The van der Waals surface area contributed by atoms with Crippen LogP contribution in [-0.4, -0.2) is 23.9 Å². The number of carbonyl (C=O) groups is 1. The summed E-state index contributed by atoms with van der Waals surface area (Å²) >= 11 is 0.639. The Balaban J connectivity index is 3.21. The molecular formula is C12H9F7N2OS. The number of hydrogen-bond acceptors (Lipinski definition) is 3. The maximum atomic E-state index is 13.2. The van der Waals surface area contributed by atoms with Gasteiger partial charge in [-0.1, -0.05) is 6.92 Å². The van der Waals surface area contributed by atoms with Gasteiger partial charge in [0.05, 0.1) is 5.56 Å². The molecule has 0 fully saturated rings. The molecule has 0 aliphatic rings. The zero-order valence-corrected chi connectivity index (χ0v) is 12.4. The van der Waals surface area contributed by atoms with Crippen molar-refractivity contribution < 1.29 is 35.5 Å². The second-order valence-corrected chi connectivity index (χ2v) is 5.63. The summed E-state index contributed by atoms with van der Waals surface area (Å²) in [5, 5.41) is 9.74. The standard InChI is InChI=1S/C12H9F7N2OS/c1-3-6-5(2)23-8(7(6)4-20)21-9(22)10(13,14)11(15,16)12(17,18)19/h3H2,1-2H3,(H,21,22). The summed E-state index contributed by atoms with van der Waals surface area (Å²) in [7, 11) is 0. The molecule has 0 spiro atoms. The molecule has 0 bridgehead atoms. The predicted molar refractivity (Wildman–Crippen MR) is 67.7 cm³/mol. The highest BCUT2D eigenvalue weighted by atomic mass is 32.1. The normalized spacial score (nSPS) is 12.9. The molecular weight excluding hydrogens is 353 g/mol. The quantitative estimate of drug-likeness (QED) is 0.814. The van der Waals surface area contributed by atoms with Gasteiger partial charge in [-0.25, -0.2) is 0 Å². The second kappa shape index (κ2) is 5.99. The van der Waals surface area contributed by atoms with Gasteiger partial charge in [-0.05, 0) is 18.9 Å². The van der Waals surface area contributed by atoms with Crippen LogP contribution in [0.1, 0.15) is 22.9 Å². The van der Waals surface area contributed by atoms with E-state index in [1.165, 1.54) is 12.2 Å². The fraction of sp³-hybridized carbons (Fsp3) is 0.500. The van der Waals surface area contributed by atoms with Crippen molar-refractivity contribution in [1.82, 2.24) is 0 Å². The molecule has 11 heteroatoms. The highest BCUT2D eigenvalue weighted by Crippen LogP contribution is 2.47. The first-order valence-corrected chi connectivity index (χ1v) is 6.79. The summed E-state index contributed by atoms with van der Waals surface area (Å²) in [5.41, 5.74) is 0.146. The number of amides is 1. The lowest BCUT2D eigenvalue weighted by molar-refractivity contribution is -0.343. The molecule has 0 aliphatic heterocycles. The molecule has 128 valence electrons. The molecule has 1 amide bonds. The summed E-state index contributed by atoms with van der Waals surface area (Å²) in [6.07, 6.45) is -6.32. The number of nitrogens with one attached hydrogen (secondary N) is 1. The number of carbonyl (C=O) groups excluding carboxylic acids is 1. The van der Waals surface area contributed by atoms with Crippen molar-refractivity contribution in [3.63, 3.8) is 0 Å². The number of anilines is 1. The zero-order chi connectivity index (χ0) is 18.2. The molecule has 0 saturated heterocycles. The van der Waals surface area contributed by atoms with Crippen LogP contribution in [0.25, 0.3) is 0 Å². The first-order chi connectivity index (χ1) is 10.3. The van der Waals surface area contributed by atoms with Gasteiger partial charge < -0.3 is 5.32 Å². The van der Waals surface area contributed by atoms with E-state index in [0.29, 0.717) is 21.8 Å². The minimum Gasteiger partial charge on any atom is -0.311 e. The van der Waals surface area contributed by atoms with Gasteiger partial charge in [0.2, 0.25) is 0 Å². The van der Waals surface area contributed by atoms with E-state index in [9.17, 15) is 35.5 Å². The van der Waals surface area contributed by atoms with Gasteiger partial charge >= 0.3 is 23.9 Å². The van der Waals surface area contributed by atoms with Crippen LogP contribution in [-0.2, 0) is 11.2 Å². The van der Waals surface area contributed by atoms with E-state index in [-0.39, 0.29) is 12.0 Å². The molecule has 0 radical (unpaired) electrons. The van der Waals surface area contributed by atoms with Crippen molar-refractivity contribution in [1.29, 1.82) is 5.26 Å². The maximum absolute atomic E-state index is 13.2. The van der Waals surface area contributed by atoms with Crippen molar-refractivity contribution in [2.24, 2.45) is 0 Å². The fourth-order valence-corrected chi connectivity index (χ4v) is 2.80. The number of thiophene rings is 1. The Kier molecular flexibility index (Phi) is 5.01. The Morgan fingerprint density at radius 1 is 1.22 bits per heavy atom. The van der Waals surface area contributed by atoms with Crippen LogP contribution in [0.4, 0.5) is 35.7 Å². The molecule has 0 atom stereocenters. The van der Waals surface area contributed by atoms with Crippen LogP contribution in [0.5, 0.6) is 0 Å². The molecule has 1 aromatic rings. The maximum Gasteiger partial charge on any atom is 0.460 e. The third kappa shape index (κ3) is 3.12. The highest BCUT2D eigenvalue weighted by molar-refractivity contribution is 7.16. The predicted octanol–water partition coefficient (Wildman–Crippen LogP) is 4.26. The number of halogens is 7. The van der Waals surface area contributed by atoms with E-state index in [1.807, 2.05) is 0 Å². The number of aryl methyl sites for hydroxylation is 1. The number of alkyl halides is 7. The van der Waals surface area contributed by atoms with E-state index in [4.69, 9.17) is 5.26 Å².